The number of alkyl halides is 2. The minimum Gasteiger partial charge on any atom is -0.390 e. The molecule has 3 aromatic rings. The molecule has 0 aliphatic carbocycles. The van der Waals surface area contributed by atoms with Gasteiger partial charge in [0.2, 0.25) is 5.95 Å². The Kier molecular flexibility index (Phi) is 4.73. The molecule has 2 aromatic heterocycles. The van der Waals surface area contributed by atoms with Crippen LogP contribution in [0.1, 0.15) is 43.6 Å². The largest absolute Gasteiger partial charge is 0.390 e. The first kappa shape index (κ1) is 19.0. The molecule has 0 saturated heterocycles. The van der Waals surface area contributed by atoms with Gasteiger partial charge in [-0.05, 0) is 11.5 Å². The lowest BCUT2D eigenvalue weighted by molar-refractivity contribution is 0.0174. The maximum absolute atomic E-state index is 13.5. The second-order valence-corrected chi connectivity index (χ2v) is 6.90. The highest BCUT2D eigenvalue weighted by Crippen LogP contribution is 2.32. The summed E-state index contributed by atoms with van der Waals surface area (Å²) in [5, 5.41) is 14.1. The van der Waals surface area contributed by atoms with E-state index < -0.39 is 18.1 Å². The van der Waals surface area contributed by atoms with Crippen molar-refractivity contribution in [2.45, 2.75) is 39.3 Å². The molecule has 7 nitrogen and oxygen atoms in total. The minimum atomic E-state index is -2.93. The monoisotopic (exact) mass is 377 g/mol. The highest BCUT2D eigenvalue weighted by atomic mass is 19.3. The Balaban J connectivity index is 2.21. The lowest BCUT2D eigenvalue weighted by Crippen LogP contribution is -2.20. The molecule has 0 aliphatic heterocycles. The van der Waals surface area contributed by atoms with Crippen molar-refractivity contribution >= 4 is 17.0 Å². The minimum absolute atomic E-state index is 0.00468. The normalized spacial score (nSPS) is 13.4. The number of aromatic amines is 1. The molecular formula is C18H21F2N5O2. The van der Waals surface area contributed by atoms with Crippen LogP contribution in [0.4, 0.5) is 14.7 Å². The van der Waals surface area contributed by atoms with Crippen molar-refractivity contribution in [1.82, 2.24) is 19.7 Å². The SMILES string of the molecule is CC(C)[C@@H](c1ccc(C(C)(F)F)cc1)n1nc(CO)c2c(=O)[nH]c(N)nc21. The summed E-state index contributed by atoms with van der Waals surface area (Å²) in [4.78, 5) is 18.8. The number of hydrogen-bond acceptors (Lipinski definition) is 5. The topological polar surface area (TPSA) is 110 Å². The van der Waals surface area contributed by atoms with Crippen molar-refractivity contribution in [3.05, 3.63) is 51.4 Å². The maximum Gasteiger partial charge on any atom is 0.270 e. The Bertz CT molecular complexity index is 1020. The van der Waals surface area contributed by atoms with Crippen LogP contribution in [0.2, 0.25) is 0 Å². The van der Waals surface area contributed by atoms with Gasteiger partial charge in [0, 0.05) is 12.5 Å². The number of nitrogens with zero attached hydrogens (tertiary/aromatic N) is 3. The van der Waals surface area contributed by atoms with E-state index in [4.69, 9.17) is 5.73 Å². The van der Waals surface area contributed by atoms with E-state index in [2.05, 4.69) is 15.1 Å². The number of rotatable bonds is 5. The number of benzene rings is 1. The van der Waals surface area contributed by atoms with Crippen molar-refractivity contribution in [3.63, 3.8) is 0 Å². The molecule has 2 heterocycles. The quantitative estimate of drug-likeness (QED) is 0.633. The van der Waals surface area contributed by atoms with E-state index in [9.17, 15) is 18.7 Å². The molecule has 1 atom stereocenters. The second-order valence-electron chi connectivity index (χ2n) is 6.90. The molecule has 0 spiro atoms. The van der Waals surface area contributed by atoms with Crippen LogP contribution in [0.25, 0.3) is 11.0 Å². The third kappa shape index (κ3) is 3.42. The van der Waals surface area contributed by atoms with Gasteiger partial charge in [-0.2, -0.15) is 10.1 Å². The first-order chi connectivity index (χ1) is 12.6. The predicted molar refractivity (Wildman–Crippen MR) is 97.5 cm³/mol. The summed E-state index contributed by atoms with van der Waals surface area (Å²) in [5.74, 6) is -3.01. The van der Waals surface area contributed by atoms with Crippen LogP contribution in [0, 0.1) is 5.92 Å². The average molecular weight is 377 g/mol. The number of halogens is 2. The summed E-state index contributed by atoms with van der Waals surface area (Å²) in [6.45, 7) is 4.28. The van der Waals surface area contributed by atoms with Gasteiger partial charge < -0.3 is 10.8 Å². The molecule has 0 amide bonds. The van der Waals surface area contributed by atoms with E-state index in [-0.39, 0.29) is 40.2 Å². The van der Waals surface area contributed by atoms with E-state index >= 15 is 0 Å². The molecular weight excluding hydrogens is 356 g/mol. The van der Waals surface area contributed by atoms with Crippen molar-refractivity contribution < 1.29 is 13.9 Å². The fourth-order valence-electron chi connectivity index (χ4n) is 3.22. The van der Waals surface area contributed by atoms with Gasteiger partial charge in [-0.25, -0.2) is 13.5 Å². The lowest BCUT2D eigenvalue weighted by Gasteiger charge is -2.23. The fourth-order valence-corrected chi connectivity index (χ4v) is 3.22. The molecule has 1 aromatic carbocycles. The maximum atomic E-state index is 13.5. The van der Waals surface area contributed by atoms with E-state index in [0.29, 0.717) is 0 Å². The van der Waals surface area contributed by atoms with Crippen LogP contribution < -0.4 is 11.3 Å². The first-order valence-electron chi connectivity index (χ1n) is 8.49. The molecule has 0 fully saturated rings. The fraction of sp³-hybridized carbons (Fsp3) is 0.389. The van der Waals surface area contributed by atoms with Gasteiger partial charge in [0.05, 0.1) is 12.6 Å². The van der Waals surface area contributed by atoms with Gasteiger partial charge in [-0.1, -0.05) is 38.1 Å². The summed E-state index contributed by atoms with van der Waals surface area (Å²) >= 11 is 0. The smallest absolute Gasteiger partial charge is 0.270 e. The van der Waals surface area contributed by atoms with Gasteiger partial charge >= 0.3 is 0 Å². The highest BCUT2D eigenvalue weighted by Gasteiger charge is 2.27. The summed E-state index contributed by atoms with van der Waals surface area (Å²) in [6.07, 6.45) is 0. The number of nitrogen functional groups attached to an aromatic ring is 1. The molecule has 9 heteroatoms. The van der Waals surface area contributed by atoms with Crippen molar-refractivity contribution in [2.75, 3.05) is 5.73 Å². The zero-order valence-electron chi connectivity index (χ0n) is 15.2. The molecule has 3 rings (SSSR count). The third-order valence-corrected chi connectivity index (χ3v) is 4.46. The summed E-state index contributed by atoms with van der Waals surface area (Å²) < 4.78 is 28.5. The zero-order chi connectivity index (χ0) is 19.9. The van der Waals surface area contributed by atoms with Gasteiger partial charge in [0.25, 0.3) is 11.5 Å². The van der Waals surface area contributed by atoms with E-state index in [1.165, 1.54) is 16.8 Å². The lowest BCUT2D eigenvalue weighted by atomic mass is 9.94. The highest BCUT2D eigenvalue weighted by molar-refractivity contribution is 5.78. The standard InChI is InChI=1S/C18H21F2N5O2/c1-9(2)14(10-4-6-11(7-5-10)18(3,19)20)25-15-13(12(8-26)24-25)16(27)23-17(21)22-15/h4-7,9,14,26H,8H2,1-3H3,(H3,21,22,23,27)/t14-/m0/s1. The van der Waals surface area contributed by atoms with E-state index in [0.717, 1.165) is 12.5 Å². The number of fused-ring (bicyclic) bond motifs is 1. The van der Waals surface area contributed by atoms with E-state index in [1.807, 2.05) is 13.8 Å². The molecule has 0 aliphatic rings. The van der Waals surface area contributed by atoms with Crippen molar-refractivity contribution in [3.8, 4) is 0 Å². The Morgan fingerprint density at radius 2 is 1.93 bits per heavy atom. The van der Waals surface area contributed by atoms with Crippen LogP contribution in [0.3, 0.4) is 0 Å². The number of anilines is 1. The Morgan fingerprint density at radius 1 is 1.30 bits per heavy atom. The van der Waals surface area contributed by atoms with Crippen LogP contribution >= 0.6 is 0 Å². The molecule has 0 unspecified atom stereocenters. The Morgan fingerprint density at radius 3 is 2.44 bits per heavy atom. The van der Waals surface area contributed by atoms with Crippen LogP contribution in [-0.2, 0) is 12.5 Å². The number of aliphatic hydroxyl groups excluding tert-OH is 1. The molecule has 144 valence electrons. The number of aromatic nitrogens is 4. The zero-order valence-corrected chi connectivity index (χ0v) is 15.2. The van der Waals surface area contributed by atoms with Gasteiger partial charge in [0.1, 0.15) is 11.1 Å². The summed E-state index contributed by atoms with van der Waals surface area (Å²) in [5.41, 5.74) is 6.25. The Labute approximate surface area is 153 Å². The van der Waals surface area contributed by atoms with Crippen LogP contribution in [0.15, 0.2) is 29.1 Å². The summed E-state index contributed by atoms with van der Waals surface area (Å²) in [7, 11) is 0. The van der Waals surface area contributed by atoms with E-state index in [1.54, 1.807) is 12.1 Å². The van der Waals surface area contributed by atoms with Crippen LogP contribution in [0.5, 0.6) is 0 Å². The Hall–Kier alpha value is -2.81. The molecule has 27 heavy (non-hydrogen) atoms. The van der Waals surface area contributed by atoms with Gasteiger partial charge in [-0.3, -0.25) is 9.78 Å². The number of hydrogen-bond donors (Lipinski definition) is 3. The molecule has 0 radical (unpaired) electrons. The molecule has 4 N–H and O–H groups in total. The first-order valence-corrected chi connectivity index (χ1v) is 8.49. The third-order valence-electron chi connectivity index (χ3n) is 4.46. The van der Waals surface area contributed by atoms with Gasteiger partial charge in [0.15, 0.2) is 5.65 Å². The number of aliphatic hydroxyl groups is 1. The molecule has 0 saturated carbocycles. The van der Waals surface area contributed by atoms with Crippen LogP contribution in [-0.4, -0.2) is 24.9 Å². The van der Waals surface area contributed by atoms with Crippen molar-refractivity contribution in [2.24, 2.45) is 5.92 Å². The summed E-state index contributed by atoms with van der Waals surface area (Å²) in [6, 6.07) is 5.58. The number of nitrogens with one attached hydrogen (secondary N) is 1. The number of nitrogens with two attached hydrogens (primary N) is 1. The van der Waals surface area contributed by atoms with Gasteiger partial charge in [-0.15, -0.1) is 0 Å². The average Bonchev–Trinajstić information content (AvgIpc) is 2.93. The van der Waals surface area contributed by atoms with Crippen molar-refractivity contribution in [1.29, 1.82) is 0 Å². The number of H-pyrrole nitrogens is 1. The predicted octanol–water partition coefficient (Wildman–Crippen LogP) is 2.55. The second kappa shape index (κ2) is 6.73. The molecule has 0 bridgehead atoms.